The lowest BCUT2D eigenvalue weighted by molar-refractivity contribution is -0.139. The Kier molecular flexibility index (Phi) is 6.20. The van der Waals surface area contributed by atoms with Crippen molar-refractivity contribution in [3.63, 3.8) is 0 Å². The number of hydrogen-bond acceptors (Lipinski definition) is 3. The van der Waals surface area contributed by atoms with E-state index < -0.39 is 0 Å². The smallest absolute Gasteiger partial charge is 0.253 e. The average Bonchev–Trinajstić information content (AvgIpc) is 2.68. The number of aliphatic hydroxyl groups is 1. The lowest BCUT2D eigenvalue weighted by Gasteiger charge is -2.48. The molecule has 1 spiro atoms. The highest BCUT2D eigenvalue weighted by Crippen LogP contribution is 2.39. The third-order valence-electron chi connectivity index (χ3n) is 6.06. The van der Waals surface area contributed by atoms with Crippen molar-refractivity contribution in [1.29, 1.82) is 0 Å². The number of carbonyl (C=O) groups is 2. The van der Waals surface area contributed by atoms with Gasteiger partial charge in [-0.1, -0.05) is 26.0 Å². The third kappa shape index (κ3) is 4.70. The molecular weight excluding hydrogens is 340 g/mol. The quantitative estimate of drug-likeness (QED) is 0.864. The van der Waals surface area contributed by atoms with Crippen LogP contribution in [0.3, 0.4) is 0 Å². The second kappa shape index (κ2) is 8.42. The van der Waals surface area contributed by atoms with E-state index in [0.29, 0.717) is 17.9 Å². The lowest BCUT2D eigenvalue weighted by atomic mass is 9.73. The number of nitrogens with zero attached hydrogens (tertiary/aromatic N) is 2. The van der Waals surface area contributed by atoms with Crippen molar-refractivity contribution in [2.45, 2.75) is 52.6 Å². The van der Waals surface area contributed by atoms with Gasteiger partial charge in [-0.3, -0.25) is 9.59 Å². The predicted octanol–water partition coefficient (Wildman–Crippen LogP) is 3.07. The molecule has 2 amide bonds. The molecule has 2 aliphatic heterocycles. The van der Waals surface area contributed by atoms with Crippen LogP contribution in [0.5, 0.6) is 0 Å². The molecule has 1 N–H and O–H groups in total. The molecule has 5 nitrogen and oxygen atoms in total. The summed E-state index contributed by atoms with van der Waals surface area (Å²) in [5, 5.41) is 9.18. The van der Waals surface area contributed by atoms with Crippen molar-refractivity contribution < 1.29 is 14.7 Å². The van der Waals surface area contributed by atoms with E-state index in [2.05, 4.69) is 13.8 Å². The third-order valence-corrected chi connectivity index (χ3v) is 6.06. The average molecular weight is 373 g/mol. The van der Waals surface area contributed by atoms with E-state index in [1.165, 1.54) is 0 Å². The zero-order chi connectivity index (χ0) is 19.4. The van der Waals surface area contributed by atoms with Gasteiger partial charge in [0.2, 0.25) is 5.91 Å². The molecule has 0 radical (unpaired) electrons. The molecule has 2 saturated heterocycles. The van der Waals surface area contributed by atoms with Crippen LogP contribution in [-0.4, -0.2) is 52.9 Å². The van der Waals surface area contributed by atoms with Crippen molar-refractivity contribution in [2.75, 3.05) is 26.2 Å². The Morgan fingerprint density at radius 3 is 2.59 bits per heavy atom. The first kappa shape index (κ1) is 19.9. The summed E-state index contributed by atoms with van der Waals surface area (Å²) in [6.07, 6.45) is 4.60. The molecular formula is C22H32N2O3. The summed E-state index contributed by atoms with van der Waals surface area (Å²) < 4.78 is 0. The van der Waals surface area contributed by atoms with Crippen molar-refractivity contribution in [3.05, 3.63) is 35.4 Å². The molecule has 1 atom stereocenters. The molecule has 0 bridgehead atoms. The number of aliphatic hydroxyl groups excluding tert-OH is 1. The minimum absolute atomic E-state index is 0.0124. The van der Waals surface area contributed by atoms with E-state index in [1.54, 1.807) is 24.3 Å². The normalized spacial score (nSPS) is 23.3. The minimum Gasteiger partial charge on any atom is -0.392 e. The predicted molar refractivity (Wildman–Crippen MR) is 105 cm³/mol. The van der Waals surface area contributed by atoms with Crippen molar-refractivity contribution in [3.8, 4) is 0 Å². The fourth-order valence-corrected chi connectivity index (χ4v) is 4.37. The van der Waals surface area contributed by atoms with Gasteiger partial charge in [0.05, 0.1) is 6.61 Å². The first-order valence-electron chi connectivity index (χ1n) is 10.2. The number of benzene rings is 1. The second-order valence-corrected chi connectivity index (χ2v) is 8.68. The van der Waals surface area contributed by atoms with Crippen molar-refractivity contribution in [2.24, 2.45) is 11.3 Å². The SMILES string of the molecule is CC(C)CCN1C[C@@]2(CCCN(C(=O)c3ccc(CO)cc3)C2)CCC1=O. The molecule has 5 heteroatoms. The zero-order valence-electron chi connectivity index (χ0n) is 16.6. The number of carbonyl (C=O) groups excluding carboxylic acids is 2. The molecule has 0 unspecified atom stereocenters. The summed E-state index contributed by atoms with van der Waals surface area (Å²) in [4.78, 5) is 29.3. The summed E-state index contributed by atoms with van der Waals surface area (Å²) in [5.74, 6) is 0.913. The van der Waals surface area contributed by atoms with E-state index in [-0.39, 0.29) is 23.8 Å². The monoisotopic (exact) mass is 372 g/mol. The van der Waals surface area contributed by atoms with Gasteiger partial charge in [-0.15, -0.1) is 0 Å². The van der Waals surface area contributed by atoms with Gasteiger partial charge in [0.1, 0.15) is 0 Å². The lowest BCUT2D eigenvalue weighted by Crippen LogP contribution is -2.55. The van der Waals surface area contributed by atoms with Gasteiger partial charge in [-0.2, -0.15) is 0 Å². The fraction of sp³-hybridized carbons (Fsp3) is 0.636. The maximum atomic E-state index is 13.0. The molecule has 3 rings (SSSR count). The first-order chi connectivity index (χ1) is 12.9. The Balaban J connectivity index is 1.68. The number of amides is 2. The summed E-state index contributed by atoms with van der Waals surface area (Å²) in [6, 6.07) is 7.21. The van der Waals surface area contributed by atoms with Crippen LogP contribution in [0.1, 0.15) is 61.9 Å². The van der Waals surface area contributed by atoms with Gasteiger partial charge in [-0.25, -0.2) is 0 Å². The topological polar surface area (TPSA) is 60.9 Å². The van der Waals surface area contributed by atoms with Crippen LogP contribution >= 0.6 is 0 Å². The summed E-state index contributed by atoms with van der Waals surface area (Å²) in [7, 11) is 0. The van der Waals surface area contributed by atoms with Gasteiger partial charge in [-0.05, 0) is 49.3 Å². The molecule has 2 heterocycles. The highest BCUT2D eigenvalue weighted by molar-refractivity contribution is 5.94. The Hall–Kier alpha value is -1.88. The summed E-state index contributed by atoms with van der Waals surface area (Å²) in [6.45, 7) is 7.49. The minimum atomic E-state index is -0.0124. The van der Waals surface area contributed by atoms with Crippen LogP contribution in [0.15, 0.2) is 24.3 Å². The summed E-state index contributed by atoms with van der Waals surface area (Å²) in [5.41, 5.74) is 1.53. The highest BCUT2D eigenvalue weighted by atomic mass is 16.3. The van der Waals surface area contributed by atoms with Gasteiger partial charge in [0.15, 0.2) is 0 Å². The standard InChI is InChI=1S/C22H32N2O3/c1-17(2)9-13-23-15-22(11-8-20(23)26)10-3-12-24(16-22)21(27)19-6-4-18(14-25)5-7-19/h4-7,17,25H,3,8-16H2,1-2H3/t22-/m1/s1. The Morgan fingerprint density at radius 1 is 1.19 bits per heavy atom. The number of rotatable bonds is 5. The molecule has 148 valence electrons. The van der Waals surface area contributed by atoms with E-state index in [9.17, 15) is 14.7 Å². The molecule has 2 fully saturated rings. The molecule has 1 aromatic carbocycles. The molecule has 0 aliphatic carbocycles. The largest absolute Gasteiger partial charge is 0.392 e. The maximum Gasteiger partial charge on any atom is 0.253 e. The van der Waals surface area contributed by atoms with Gasteiger partial charge in [0, 0.05) is 43.6 Å². The van der Waals surface area contributed by atoms with Gasteiger partial charge < -0.3 is 14.9 Å². The molecule has 27 heavy (non-hydrogen) atoms. The Morgan fingerprint density at radius 2 is 1.93 bits per heavy atom. The van der Waals surface area contributed by atoms with Crippen LogP contribution in [0.4, 0.5) is 0 Å². The van der Waals surface area contributed by atoms with Crippen molar-refractivity contribution in [1.82, 2.24) is 9.80 Å². The van der Waals surface area contributed by atoms with Crippen LogP contribution in [0.2, 0.25) is 0 Å². The Bertz CT molecular complexity index is 671. The van der Waals surface area contributed by atoms with Gasteiger partial charge >= 0.3 is 0 Å². The van der Waals surface area contributed by atoms with E-state index in [1.807, 2.05) is 9.80 Å². The highest BCUT2D eigenvalue weighted by Gasteiger charge is 2.42. The van der Waals surface area contributed by atoms with Gasteiger partial charge in [0.25, 0.3) is 5.91 Å². The molecule has 0 aromatic heterocycles. The first-order valence-corrected chi connectivity index (χ1v) is 10.2. The maximum absolute atomic E-state index is 13.0. The fourth-order valence-electron chi connectivity index (χ4n) is 4.37. The van der Waals surface area contributed by atoms with Crippen LogP contribution in [-0.2, 0) is 11.4 Å². The summed E-state index contributed by atoms with van der Waals surface area (Å²) >= 11 is 0. The van der Waals surface area contributed by atoms with Crippen LogP contribution < -0.4 is 0 Å². The van der Waals surface area contributed by atoms with E-state index in [0.717, 1.165) is 57.4 Å². The second-order valence-electron chi connectivity index (χ2n) is 8.68. The Labute approximate surface area is 162 Å². The molecule has 0 saturated carbocycles. The van der Waals surface area contributed by atoms with Crippen LogP contribution in [0.25, 0.3) is 0 Å². The molecule has 1 aromatic rings. The van der Waals surface area contributed by atoms with E-state index in [4.69, 9.17) is 0 Å². The number of hydrogen-bond donors (Lipinski definition) is 1. The number of likely N-dealkylation sites (tertiary alicyclic amines) is 2. The molecule has 2 aliphatic rings. The van der Waals surface area contributed by atoms with Crippen LogP contribution in [0, 0.1) is 11.3 Å². The van der Waals surface area contributed by atoms with Crippen molar-refractivity contribution >= 4 is 11.8 Å². The zero-order valence-corrected chi connectivity index (χ0v) is 16.6. The number of piperidine rings is 2. The van der Waals surface area contributed by atoms with E-state index >= 15 is 0 Å².